The van der Waals surface area contributed by atoms with E-state index in [2.05, 4.69) is 17.0 Å². The number of aromatic nitrogens is 1. The molecule has 144 valence electrons. The molecule has 1 aromatic heterocycles. The molecule has 0 unspecified atom stereocenters. The summed E-state index contributed by atoms with van der Waals surface area (Å²) in [5, 5.41) is 1.13. The van der Waals surface area contributed by atoms with E-state index < -0.39 is 6.10 Å². The number of hydrogen-bond acceptors (Lipinski definition) is 6. The third kappa shape index (κ3) is 3.43. The maximum absolute atomic E-state index is 12.8. The molecule has 5 rings (SSSR count). The van der Waals surface area contributed by atoms with E-state index in [1.54, 1.807) is 11.3 Å². The van der Waals surface area contributed by atoms with Gasteiger partial charge in [0.05, 0.1) is 16.8 Å². The summed E-state index contributed by atoms with van der Waals surface area (Å²) in [5.41, 5.74) is 1.06. The Morgan fingerprint density at radius 2 is 1.79 bits per heavy atom. The molecule has 1 fully saturated rings. The zero-order chi connectivity index (χ0) is 18.9. The van der Waals surface area contributed by atoms with Gasteiger partial charge in [-0.05, 0) is 24.3 Å². The fraction of sp³-hybridized carbons (Fsp3) is 0.333. The Bertz CT molecular complexity index is 964. The van der Waals surface area contributed by atoms with E-state index in [9.17, 15) is 4.79 Å². The largest absolute Gasteiger partial charge is 0.485 e. The molecule has 0 bridgehead atoms. The second-order valence-corrected chi connectivity index (χ2v) is 8.16. The number of ether oxygens (including phenoxy) is 2. The van der Waals surface area contributed by atoms with Gasteiger partial charge in [-0.25, -0.2) is 4.98 Å². The molecule has 0 radical (unpaired) electrons. The number of carbonyl (C=O) groups excluding carboxylic acids is 1. The molecule has 2 aliphatic heterocycles. The smallest absolute Gasteiger partial charge is 0.267 e. The highest BCUT2D eigenvalue weighted by Gasteiger charge is 2.32. The lowest BCUT2D eigenvalue weighted by Crippen LogP contribution is -2.53. The summed E-state index contributed by atoms with van der Waals surface area (Å²) in [5.74, 6) is 1.35. The van der Waals surface area contributed by atoms with Gasteiger partial charge in [-0.1, -0.05) is 24.3 Å². The van der Waals surface area contributed by atoms with Crippen LogP contribution in [0, 0.1) is 0 Å². The van der Waals surface area contributed by atoms with Crippen molar-refractivity contribution in [2.24, 2.45) is 0 Å². The molecule has 0 N–H and O–H groups in total. The Labute approximate surface area is 167 Å². The number of piperazine rings is 1. The second kappa shape index (κ2) is 7.41. The first-order valence-corrected chi connectivity index (χ1v) is 10.3. The van der Waals surface area contributed by atoms with Gasteiger partial charge in [0.15, 0.2) is 11.5 Å². The highest BCUT2D eigenvalue weighted by Crippen LogP contribution is 2.31. The standard InChI is InChI=1S/C21H21N3O3S/c25-21(18-14-26-16-6-2-3-7-17(16)27-18)24-11-9-23(10-12-24)13-20-22-15-5-1-4-8-19(15)28-20/h1-8,18H,9-14H2/t18-/m0/s1. The lowest BCUT2D eigenvalue weighted by Gasteiger charge is -2.36. The van der Waals surface area contributed by atoms with Gasteiger partial charge in [0.1, 0.15) is 11.6 Å². The molecular weight excluding hydrogens is 374 g/mol. The Morgan fingerprint density at radius 3 is 2.61 bits per heavy atom. The van der Waals surface area contributed by atoms with E-state index in [0.29, 0.717) is 24.6 Å². The number of nitrogens with zero attached hydrogens (tertiary/aromatic N) is 3. The maximum atomic E-state index is 12.8. The van der Waals surface area contributed by atoms with Gasteiger partial charge in [-0.3, -0.25) is 9.69 Å². The van der Waals surface area contributed by atoms with Crippen LogP contribution in [0.5, 0.6) is 11.5 Å². The minimum atomic E-state index is -0.564. The Kier molecular flexibility index (Phi) is 4.62. The van der Waals surface area contributed by atoms with Crippen LogP contribution in [0.25, 0.3) is 10.2 Å². The zero-order valence-corrected chi connectivity index (χ0v) is 16.2. The summed E-state index contributed by atoms with van der Waals surface area (Å²) < 4.78 is 12.8. The average Bonchev–Trinajstić information content (AvgIpc) is 3.16. The fourth-order valence-electron chi connectivity index (χ4n) is 3.65. The van der Waals surface area contributed by atoms with E-state index in [1.807, 2.05) is 41.3 Å². The van der Waals surface area contributed by atoms with E-state index in [1.165, 1.54) is 4.70 Å². The van der Waals surface area contributed by atoms with Crippen LogP contribution in [-0.4, -0.2) is 59.6 Å². The Morgan fingerprint density at radius 1 is 1.04 bits per heavy atom. The monoisotopic (exact) mass is 395 g/mol. The van der Waals surface area contributed by atoms with Gasteiger partial charge in [-0.15, -0.1) is 11.3 Å². The first-order valence-electron chi connectivity index (χ1n) is 9.50. The van der Waals surface area contributed by atoms with Crippen LogP contribution >= 0.6 is 11.3 Å². The van der Waals surface area contributed by atoms with E-state index in [-0.39, 0.29) is 12.5 Å². The number of para-hydroxylation sites is 3. The minimum Gasteiger partial charge on any atom is -0.485 e. The Hall–Kier alpha value is -2.64. The van der Waals surface area contributed by atoms with Crippen LogP contribution in [0.1, 0.15) is 5.01 Å². The van der Waals surface area contributed by atoms with Crippen molar-refractivity contribution in [3.05, 3.63) is 53.5 Å². The predicted octanol–water partition coefficient (Wildman–Crippen LogP) is 2.78. The lowest BCUT2D eigenvalue weighted by atomic mass is 10.2. The van der Waals surface area contributed by atoms with Crippen LogP contribution in [0.15, 0.2) is 48.5 Å². The van der Waals surface area contributed by atoms with Crippen molar-refractivity contribution in [1.82, 2.24) is 14.8 Å². The number of rotatable bonds is 3. The molecule has 2 aliphatic rings. The summed E-state index contributed by atoms with van der Waals surface area (Å²) >= 11 is 1.74. The third-order valence-electron chi connectivity index (χ3n) is 5.17. The third-order valence-corrected chi connectivity index (χ3v) is 6.19. The first kappa shape index (κ1) is 17.5. The molecule has 2 aromatic carbocycles. The zero-order valence-electron chi connectivity index (χ0n) is 15.4. The first-order chi connectivity index (χ1) is 13.8. The van der Waals surface area contributed by atoms with Crippen molar-refractivity contribution in [3.63, 3.8) is 0 Å². The van der Waals surface area contributed by atoms with Crippen molar-refractivity contribution in [2.75, 3.05) is 32.8 Å². The van der Waals surface area contributed by atoms with Gasteiger partial charge in [-0.2, -0.15) is 0 Å². The summed E-state index contributed by atoms with van der Waals surface area (Å²) in [7, 11) is 0. The molecule has 1 atom stereocenters. The molecule has 0 spiro atoms. The van der Waals surface area contributed by atoms with Gasteiger partial charge < -0.3 is 14.4 Å². The lowest BCUT2D eigenvalue weighted by molar-refractivity contribution is -0.143. The van der Waals surface area contributed by atoms with Gasteiger partial charge in [0, 0.05) is 26.2 Å². The molecule has 3 heterocycles. The van der Waals surface area contributed by atoms with Crippen LogP contribution < -0.4 is 9.47 Å². The van der Waals surface area contributed by atoms with Crippen molar-refractivity contribution in [1.29, 1.82) is 0 Å². The number of fused-ring (bicyclic) bond motifs is 2. The topological polar surface area (TPSA) is 54.9 Å². The van der Waals surface area contributed by atoms with Gasteiger partial charge in [0.2, 0.25) is 6.10 Å². The summed E-state index contributed by atoms with van der Waals surface area (Å²) in [6.45, 7) is 4.17. The highest BCUT2D eigenvalue weighted by molar-refractivity contribution is 7.18. The van der Waals surface area contributed by atoms with Crippen molar-refractivity contribution in [3.8, 4) is 11.5 Å². The molecule has 0 aliphatic carbocycles. The molecule has 1 saturated heterocycles. The molecule has 28 heavy (non-hydrogen) atoms. The molecular formula is C21H21N3O3S. The minimum absolute atomic E-state index is 0.00846. The maximum Gasteiger partial charge on any atom is 0.267 e. The number of amides is 1. The van der Waals surface area contributed by atoms with Crippen LogP contribution in [0.4, 0.5) is 0 Å². The SMILES string of the molecule is O=C([C@@H]1COc2ccccc2O1)N1CCN(Cc2nc3ccccc3s2)CC1. The van der Waals surface area contributed by atoms with Gasteiger partial charge in [0.25, 0.3) is 5.91 Å². The average molecular weight is 395 g/mol. The van der Waals surface area contributed by atoms with Crippen LogP contribution in [0.3, 0.4) is 0 Å². The Balaban J connectivity index is 1.17. The molecule has 3 aromatic rings. The summed E-state index contributed by atoms with van der Waals surface area (Å²) in [6.07, 6.45) is -0.564. The van der Waals surface area contributed by atoms with Gasteiger partial charge >= 0.3 is 0 Å². The van der Waals surface area contributed by atoms with E-state index in [0.717, 1.165) is 30.2 Å². The van der Waals surface area contributed by atoms with Crippen molar-refractivity contribution >= 4 is 27.5 Å². The van der Waals surface area contributed by atoms with Crippen LogP contribution in [0.2, 0.25) is 0 Å². The highest BCUT2D eigenvalue weighted by atomic mass is 32.1. The summed E-state index contributed by atoms with van der Waals surface area (Å²) in [4.78, 5) is 21.8. The number of benzene rings is 2. The quantitative estimate of drug-likeness (QED) is 0.683. The molecule has 0 saturated carbocycles. The molecule has 6 nitrogen and oxygen atoms in total. The van der Waals surface area contributed by atoms with E-state index in [4.69, 9.17) is 14.5 Å². The van der Waals surface area contributed by atoms with Crippen molar-refractivity contribution < 1.29 is 14.3 Å². The van der Waals surface area contributed by atoms with E-state index >= 15 is 0 Å². The predicted molar refractivity (Wildman–Crippen MR) is 108 cm³/mol. The number of hydrogen-bond donors (Lipinski definition) is 0. The second-order valence-electron chi connectivity index (χ2n) is 7.04. The number of thiazole rings is 1. The molecule has 1 amide bonds. The fourth-order valence-corrected chi connectivity index (χ4v) is 4.66. The van der Waals surface area contributed by atoms with Crippen LogP contribution in [-0.2, 0) is 11.3 Å². The normalized spacial score (nSPS) is 19.7. The molecule has 7 heteroatoms. The summed E-state index contributed by atoms with van der Waals surface area (Å²) in [6, 6.07) is 15.7. The number of carbonyl (C=O) groups is 1. The van der Waals surface area contributed by atoms with Crippen molar-refractivity contribution in [2.45, 2.75) is 12.6 Å².